The van der Waals surface area contributed by atoms with E-state index >= 15 is 0 Å². The lowest BCUT2D eigenvalue weighted by atomic mass is 9.92. The summed E-state index contributed by atoms with van der Waals surface area (Å²) in [6, 6.07) is 7.54. The fourth-order valence-electron chi connectivity index (χ4n) is 5.36. The van der Waals surface area contributed by atoms with Crippen LogP contribution in [0.3, 0.4) is 0 Å². The van der Waals surface area contributed by atoms with Crippen molar-refractivity contribution in [2.75, 3.05) is 13.7 Å². The molecule has 0 N–H and O–H groups in total. The number of benzene rings is 1. The molecule has 1 aromatic carbocycles. The van der Waals surface area contributed by atoms with Gasteiger partial charge in [-0.1, -0.05) is 0 Å². The molecule has 2 aliphatic rings. The van der Waals surface area contributed by atoms with Gasteiger partial charge in [-0.15, -0.1) is 10.2 Å². The van der Waals surface area contributed by atoms with Crippen molar-refractivity contribution in [3.8, 4) is 34.5 Å². The molecule has 1 saturated heterocycles. The zero-order valence-electron chi connectivity index (χ0n) is 20.7. The summed E-state index contributed by atoms with van der Waals surface area (Å²) in [6.07, 6.45) is 1.37. The number of nitrogens with zero attached hydrogens (tertiary/aromatic N) is 7. The van der Waals surface area contributed by atoms with Gasteiger partial charge >= 0.3 is 0 Å². The largest absolute Gasteiger partial charge is 0.496 e. The Labute approximate surface area is 207 Å². The second-order valence-electron chi connectivity index (χ2n) is 9.81. The summed E-state index contributed by atoms with van der Waals surface area (Å²) < 4.78 is 36.0. The smallest absolute Gasteiger partial charge is 0.271 e. The van der Waals surface area contributed by atoms with Gasteiger partial charge in [-0.25, -0.2) is 8.78 Å². The van der Waals surface area contributed by atoms with E-state index in [0.29, 0.717) is 60.0 Å². The number of tetrazole rings is 1. The van der Waals surface area contributed by atoms with E-state index in [0.717, 1.165) is 24.5 Å². The first kappa shape index (κ1) is 23.9. The third-order valence-corrected chi connectivity index (χ3v) is 7.06. The van der Waals surface area contributed by atoms with E-state index in [1.807, 2.05) is 16.7 Å². The van der Waals surface area contributed by atoms with Gasteiger partial charge in [0.1, 0.15) is 17.0 Å². The molecule has 36 heavy (non-hydrogen) atoms. The van der Waals surface area contributed by atoms with E-state index in [9.17, 15) is 18.8 Å². The minimum absolute atomic E-state index is 0.309. The van der Waals surface area contributed by atoms with Crippen molar-refractivity contribution in [1.82, 2.24) is 29.7 Å². The van der Waals surface area contributed by atoms with E-state index in [-0.39, 0.29) is 5.91 Å². The number of hydrogen-bond donors (Lipinski definition) is 0. The lowest BCUT2D eigenvalue weighted by Gasteiger charge is -2.30. The van der Waals surface area contributed by atoms with Crippen LogP contribution in [-0.4, -0.2) is 60.7 Å². The molecule has 1 amide bonds. The molecule has 5 rings (SSSR count). The van der Waals surface area contributed by atoms with Crippen LogP contribution in [0.5, 0.6) is 5.75 Å². The number of halogens is 2. The lowest BCUT2D eigenvalue weighted by Crippen LogP contribution is -2.44. The van der Waals surface area contributed by atoms with Gasteiger partial charge < -0.3 is 14.2 Å². The number of alkyl halides is 2. The molecular formula is C25H27F2N7O2. The van der Waals surface area contributed by atoms with Crippen LogP contribution in [0.4, 0.5) is 8.78 Å². The van der Waals surface area contributed by atoms with Crippen LogP contribution in [0.1, 0.15) is 48.3 Å². The molecule has 0 unspecified atom stereocenters. The van der Waals surface area contributed by atoms with Gasteiger partial charge in [-0.05, 0) is 67.6 Å². The number of likely N-dealkylation sites (tertiary alicyclic amines) is 1. The predicted molar refractivity (Wildman–Crippen MR) is 127 cm³/mol. The highest BCUT2D eigenvalue weighted by atomic mass is 19.3. The number of carbonyl (C=O) groups is 1. The Balaban J connectivity index is 1.69. The van der Waals surface area contributed by atoms with E-state index in [1.54, 1.807) is 32.0 Å². The summed E-state index contributed by atoms with van der Waals surface area (Å²) >= 11 is 0. The monoisotopic (exact) mass is 495 g/mol. The second kappa shape index (κ2) is 8.40. The third kappa shape index (κ3) is 3.90. The molecule has 11 heteroatoms. The third-order valence-electron chi connectivity index (χ3n) is 7.06. The molecule has 2 aliphatic heterocycles. The van der Waals surface area contributed by atoms with Crippen LogP contribution in [0.2, 0.25) is 0 Å². The molecule has 1 atom stereocenters. The number of methoxy groups -OCH3 is 1. The molecule has 1 fully saturated rings. The van der Waals surface area contributed by atoms with Crippen LogP contribution >= 0.6 is 0 Å². The van der Waals surface area contributed by atoms with Gasteiger partial charge in [0.15, 0.2) is 0 Å². The SMILES string of the molecule is COc1cc2c(cc1-c1nnn(C)n1)-c1c(CC(C)(F)F)cc(C(=O)N3CCC[C@]3(C)C#N)n1CC2. The van der Waals surface area contributed by atoms with Gasteiger partial charge in [-0.3, -0.25) is 4.79 Å². The Morgan fingerprint density at radius 3 is 2.69 bits per heavy atom. The zero-order valence-corrected chi connectivity index (χ0v) is 20.7. The van der Waals surface area contributed by atoms with Crippen molar-refractivity contribution in [3.63, 3.8) is 0 Å². The summed E-state index contributed by atoms with van der Waals surface area (Å²) in [4.78, 5) is 16.6. The molecule has 0 bridgehead atoms. The van der Waals surface area contributed by atoms with Crippen molar-refractivity contribution in [1.29, 1.82) is 5.26 Å². The van der Waals surface area contributed by atoms with Crippen molar-refractivity contribution < 1.29 is 18.3 Å². The molecule has 4 heterocycles. The number of amides is 1. The van der Waals surface area contributed by atoms with Crippen molar-refractivity contribution >= 4 is 5.91 Å². The predicted octanol–water partition coefficient (Wildman–Crippen LogP) is 3.63. The molecule has 2 aromatic heterocycles. The van der Waals surface area contributed by atoms with Crippen LogP contribution in [0.25, 0.3) is 22.6 Å². The van der Waals surface area contributed by atoms with Gasteiger partial charge in [-0.2, -0.15) is 10.1 Å². The first-order valence-electron chi connectivity index (χ1n) is 11.8. The number of carbonyl (C=O) groups excluding carboxylic acids is 1. The summed E-state index contributed by atoms with van der Waals surface area (Å²) in [6.45, 7) is 3.53. The van der Waals surface area contributed by atoms with Crippen LogP contribution in [0.15, 0.2) is 18.2 Å². The molecule has 0 radical (unpaired) electrons. The first-order chi connectivity index (χ1) is 17.0. The quantitative estimate of drug-likeness (QED) is 0.536. The van der Waals surface area contributed by atoms with Crippen molar-refractivity contribution in [3.05, 3.63) is 35.0 Å². The average Bonchev–Trinajstić information content (AvgIpc) is 3.54. The number of aromatic nitrogens is 5. The fourth-order valence-corrected chi connectivity index (χ4v) is 5.36. The number of rotatable bonds is 5. The Hall–Kier alpha value is -3.81. The highest BCUT2D eigenvalue weighted by molar-refractivity contribution is 5.96. The number of nitriles is 1. The average molecular weight is 496 g/mol. The van der Waals surface area contributed by atoms with Crippen LogP contribution in [-0.2, 0) is 26.4 Å². The summed E-state index contributed by atoms with van der Waals surface area (Å²) in [5.74, 6) is -2.38. The van der Waals surface area contributed by atoms with Crippen molar-refractivity contribution in [2.45, 2.75) is 57.5 Å². The summed E-state index contributed by atoms with van der Waals surface area (Å²) in [5, 5.41) is 22.0. The molecule has 3 aromatic rings. The second-order valence-corrected chi connectivity index (χ2v) is 9.81. The summed E-state index contributed by atoms with van der Waals surface area (Å²) in [5.41, 5.74) is 2.60. The number of fused-ring (bicyclic) bond motifs is 3. The van der Waals surface area contributed by atoms with Gasteiger partial charge in [0, 0.05) is 25.1 Å². The van der Waals surface area contributed by atoms with Crippen LogP contribution in [0, 0.1) is 11.3 Å². The number of aryl methyl sites for hydroxylation is 2. The highest BCUT2D eigenvalue weighted by Crippen LogP contribution is 2.43. The fraction of sp³-hybridized carbons (Fsp3) is 0.480. The Morgan fingerprint density at radius 2 is 2.06 bits per heavy atom. The molecular weight excluding hydrogens is 468 g/mol. The molecule has 0 saturated carbocycles. The Morgan fingerprint density at radius 1 is 1.28 bits per heavy atom. The van der Waals surface area contributed by atoms with Crippen molar-refractivity contribution in [2.24, 2.45) is 7.05 Å². The maximum atomic E-state index is 14.3. The maximum absolute atomic E-state index is 14.3. The minimum Gasteiger partial charge on any atom is -0.496 e. The standard InChI is InChI=1S/C25H27F2N7O2/c1-24(14-28)7-5-8-34(24)23(35)19-10-16(13-25(2,26)27)21-17-12-18(22-29-31-32(3)30-22)20(36-4)11-15(17)6-9-33(19)21/h10-12H,5-9,13H2,1-4H3/t24-/m1/s1. The number of hydrogen-bond acceptors (Lipinski definition) is 6. The minimum atomic E-state index is -2.98. The Bertz CT molecular complexity index is 1400. The molecule has 188 valence electrons. The van der Waals surface area contributed by atoms with E-state index in [1.165, 1.54) is 4.80 Å². The molecule has 0 spiro atoms. The van der Waals surface area contributed by atoms with E-state index < -0.39 is 17.9 Å². The first-order valence-corrected chi connectivity index (χ1v) is 11.8. The molecule has 9 nitrogen and oxygen atoms in total. The lowest BCUT2D eigenvalue weighted by molar-refractivity contribution is 0.0227. The topological polar surface area (TPSA) is 102 Å². The number of ether oxygens (including phenoxy) is 1. The maximum Gasteiger partial charge on any atom is 0.271 e. The van der Waals surface area contributed by atoms with Gasteiger partial charge in [0.2, 0.25) is 11.7 Å². The Kier molecular flexibility index (Phi) is 5.58. The van der Waals surface area contributed by atoms with E-state index in [2.05, 4.69) is 21.5 Å². The summed E-state index contributed by atoms with van der Waals surface area (Å²) in [7, 11) is 3.20. The highest BCUT2D eigenvalue weighted by Gasteiger charge is 2.42. The van der Waals surface area contributed by atoms with Gasteiger partial charge in [0.25, 0.3) is 5.91 Å². The van der Waals surface area contributed by atoms with E-state index in [4.69, 9.17) is 4.74 Å². The zero-order chi connectivity index (χ0) is 25.8. The van der Waals surface area contributed by atoms with Crippen LogP contribution < -0.4 is 4.74 Å². The molecule has 0 aliphatic carbocycles. The normalized spacial score (nSPS) is 19.1. The van der Waals surface area contributed by atoms with Gasteiger partial charge in [0.05, 0.1) is 31.5 Å².